The number of rotatable bonds is 6. The Labute approximate surface area is 233 Å². The number of anilines is 2. The molecule has 0 unspecified atom stereocenters. The lowest BCUT2D eigenvalue weighted by molar-refractivity contribution is -0.137. The first-order chi connectivity index (χ1) is 19.1. The molecule has 13 heteroatoms. The summed E-state index contributed by atoms with van der Waals surface area (Å²) in [5.41, 5.74) is 5.87. The van der Waals surface area contributed by atoms with E-state index in [0.717, 1.165) is 6.07 Å². The Morgan fingerprint density at radius 1 is 1.00 bits per heavy atom. The van der Waals surface area contributed by atoms with Crippen molar-refractivity contribution in [3.63, 3.8) is 0 Å². The summed E-state index contributed by atoms with van der Waals surface area (Å²) in [5.74, 6) is 0.0931. The lowest BCUT2D eigenvalue weighted by Gasteiger charge is -2.37. The van der Waals surface area contributed by atoms with Gasteiger partial charge in [0.25, 0.3) is 0 Å². The Morgan fingerprint density at radius 3 is 2.35 bits per heavy atom. The number of alkyl halides is 3. The van der Waals surface area contributed by atoms with Crippen LogP contribution in [0, 0.1) is 11.7 Å². The number of likely N-dealkylation sites (tertiary alicyclic amines) is 1. The summed E-state index contributed by atoms with van der Waals surface area (Å²) in [6.07, 6.45) is -1.82. The van der Waals surface area contributed by atoms with Crippen molar-refractivity contribution in [3.8, 4) is 11.3 Å². The number of amides is 1. The Balaban J connectivity index is 1.38. The van der Waals surface area contributed by atoms with E-state index >= 15 is 0 Å². The standard InChI is InChI=1S/C27H28ClF4N7O/c28-20-14-18(3-4-21(20)29)22-15-24(36-23(35-22)16-37-8-5-17(6-9-37)25(33)40)38-10-12-39(13-11-38)26-19(27(30,31)32)2-1-7-34-26/h1-4,7,14-15,17H,5-6,8-13,16H2,(H2,33,40). The van der Waals surface area contributed by atoms with Crippen molar-refractivity contribution in [3.05, 3.63) is 64.8 Å². The highest BCUT2D eigenvalue weighted by atomic mass is 35.5. The molecule has 2 aromatic heterocycles. The van der Waals surface area contributed by atoms with E-state index in [4.69, 9.17) is 27.3 Å². The van der Waals surface area contributed by atoms with Gasteiger partial charge in [-0.2, -0.15) is 13.2 Å². The Bertz CT molecular complexity index is 1370. The molecule has 2 N–H and O–H groups in total. The van der Waals surface area contributed by atoms with Gasteiger partial charge in [-0.3, -0.25) is 9.69 Å². The highest BCUT2D eigenvalue weighted by Crippen LogP contribution is 2.36. The van der Waals surface area contributed by atoms with Crippen LogP contribution in [0.1, 0.15) is 24.2 Å². The van der Waals surface area contributed by atoms with E-state index in [2.05, 4.69) is 9.88 Å². The highest BCUT2D eigenvalue weighted by molar-refractivity contribution is 6.31. The number of halogens is 5. The molecule has 2 saturated heterocycles. The molecule has 0 radical (unpaired) electrons. The van der Waals surface area contributed by atoms with Gasteiger partial charge in [0, 0.05) is 49.9 Å². The maximum Gasteiger partial charge on any atom is 0.419 e. The van der Waals surface area contributed by atoms with Gasteiger partial charge in [0.15, 0.2) is 0 Å². The van der Waals surface area contributed by atoms with Crippen LogP contribution in [0.5, 0.6) is 0 Å². The molecule has 1 amide bonds. The van der Waals surface area contributed by atoms with Crippen LogP contribution in [0.25, 0.3) is 11.3 Å². The van der Waals surface area contributed by atoms with Crippen LogP contribution in [0.4, 0.5) is 29.2 Å². The summed E-state index contributed by atoms with van der Waals surface area (Å²) in [6, 6.07) is 8.47. The van der Waals surface area contributed by atoms with E-state index in [1.54, 1.807) is 17.0 Å². The quantitative estimate of drug-likeness (QED) is 0.435. The fourth-order valence-corrected chi connectivity index (χ4v) is 5.29. The van der Waals surface area contributed by atoms with Crippen molar-refractivity contribution in [1.29, 1.82) is 0 Å². The van der Waals surface area contributed by atoms with Crippen molar-refractivity contribution in [1.82, 2.24) is 19.9 Å². The molecule has 2 aliphatic rings. The van der Waals surface area contributed by atoms with Gasteiger partial charge >= 0.3 is 6.18 Å². The molecular weight excluding hydrogens is 550 g/mol. The minimum absolute atomic E-state index is 0.0304. The van der Waals surface area contributed by atoms with Crippen molar-refractivity contribution in [2.75, 3.05) is 49.1 Å². The Hall–Kier alpha value is -3.51. The predicted molar refractivity (Wildman–Crippen MR) is 143 cm³/mol. The van der Waals surface area contributed by atoms with Crippen molar-refractivity contribution in [2.45, 2.75) is 25.6 Å². The number of nitrogens with two attached hydrogens (primary N) is 1. The zero-order chi connectivity index (χ0) is 28.4. The number of nitrogens with zero attached hydrogens (tertiary/aromatic N) is 6. The highest BCUT2D eigenvalue weighted by Gasteiger charge is 2.36. The summed E-state index contributed by atoms with van der Waals surface area (Å²) in [4.78, 5) is 30.8. The van der Waals surface area contributed by atoms with Gasteiger partial charge in [-0.25, -0.2) is 19.3 Å². The molecule has 0 atom stereocenters. The van der Waals surface area contributed by atoms with Crippen LogP contribution < -0.4 is 15.5 Å². The smallest absolute Gasteiger partial charge is 0.369 e. The number of carbonyl (C=O) groups is 1. The Morgan fingerprint density at radius 2 is 1.70 bits per heavy atom. The summed E-state index contributed by atoms with van der Waals surface area (Å²) >= 11 is 6.04. The number of piperazine rings is 1. The minimum atomic E-state index is -4.50. The number of hydrogen-bond acceptors (Lipinski definition) is 7. The zero-order valence-corrected chi connectivity index (χ0v) is 22.3. The summed E-state index contributed by atoms with van der Waals surface area (Å²) in [7, 11) is 0. The van der Waals surface area contributed by atoms with Gasteiger partial charge in [-0.1, -0.05) is 11.6 Å². The molecule has 1 aromatic carbocycles. The average Bonchev–Trinajstić information content (AvgIpc) is 2.94. The summed E-state index contributed by atoms with van der Waals surface area (Å²) in [5, 5.41) is -0.0304. The number of aromatic nitrogens is 3. The predicted octanol–water partition coefficient (Wildman–Crippen LogP) is 4.37. The largest absolute Gasteiger partial charge is 0.419 e. The lowest BCUT2D eigenvalue weighted by Crippen LogP contribution is -2.47. The average molecular weight is 578 g/mol. The van der Waals surface area contributed by atoms with Crippen LogP contribution in [0.15, 0.2) is 42.6 Å². The van der Waals surface area contributed by atoms with Crippen molar-refractivity contribution >= 4 is 29.1 Å². The van der Waals surface area contributed by atoms with Crippen molar-refractivity contribution in [2.24, 2.45) is 11.7 Å². The molecule has 8 nitrogen and oxygen atoms in total. The van der Waals surface area contributed by atoms with Crippen molar-refractivity contribution < 1.29 is 22.4 Å². The molecule has 2 aliphatic heterocycles. The first kappa shape index (κ1) is 28.0. The number of hydrogen-bond donors (Lipinski definition) is 1. The molecule has 2 fully saturated rings. The molecule has 0 spiro atoms. The second kappa shape index (κ2) is 11.5. The SMILES string of the molecule is NC(=O)C1CCN(Cc2nc(-c3ccc(F)c(Cl)c3)cc(N3CCN(c4ncccc4C(F)(F)F)CC3)n2)CC1. The third-order valence-corrected chi connectivity index (χ3v) is 7.61. The maximum atomic E-state index is 13.8. The van der Waals surface area contributed by atoms with Gasteiger partial charge < -0.3 is 15.5 Å². The topological polar surface area (TPSA) is 91.5 Å². The molecule has 0 aliphatic carbocycles. The fourth-order valence-electron chi connectivity index (χ4n) is 5.11. The number of benzene rings is 1. The second-order valence-electron chi connectivity index (χ2n) is 9.96. The van der Waals surface area contributed by atoms with E-state index in [1.165, 1.54) is 24.4 Å². The fraction of sp³-hybridized carbons (Fsp3) is 0.407. The van der Waals surface area contributed by atoms with Crippen LogP contribution in [-0.4, -0.2) is 65.0 Å². The monoisotopic (exact) mass is 577 g/mol. The number of pyridine rings is 1. The van der Waals surface area contributed by atoms with E-state index < -0.39 is 17.6 Å². The minimum Gasteiger partial charge on any atom is -0.369 e. The number of carbonyl (C=O) groups excluding carboxylic acids is 1. The third-order valence-electron chi connectivity index (χ3n) is 7.32. The summed E-state index contributed by atoms with van der Waals surface area (Å²) in [6.45, 7) is 3.24. The first-order valence-corrected chi connectivity index (χ1v) is 13.3. The molecule has 0 saturated carbocycles. The normalized spacial score (nSPS) is 17.3. The van der Waals surface area contributed by atoms with Crippen LogP contribution in [-0.2, 0) is 17.5 Å². The van der Waals surface area contributed by atoms with Gasteiger partial charge in [0.1, 0.15) is 23.3 Å². The van der Waals surface area contributed by atoms with Crippen LogP contribution >= 0.6 is 11.6 Å². The molecule has 40 heavy (non-hydrogen) atoms. The summed E-state index contributed by atoms with van der Waals surface area (Å²) < 4.78 is 54.5. The lowest BCUT2D eigenvalue weighted by atomic mass is 9.96. The zero-order valence-electron chi connectivity index (χ0n) is 21.5. The molecular formula is C27H28ClF4N7O. The van der Waals surface area contributed by atoms with Gasteiger partial charge in [0.05, 0.1) is 22.8 Å². The van der Waals surface area contributed by atoms with Gasteiger partial charge in [-0.15, -0.1) is 0 Å². The third kappa shape index (κ3) is 6.28. The van der Waals surface area contributed by atoms with Crippen LogP contribution in [0.2, 0.25) is 5.02 Å². The van der Waals surface area contributed by atoms with Gasteiger partial charge in [0.2, 0.25) is 5.91 Å². The maximum absolute atomic E-state index is 13.8. The molecule has 212 valence electrons. The number of piperidine rings is 1. The second-order valence-corrected chi connectivity index (χ2v) is 10.4. The Kier molecular flexibility index (Phi) is 8.09. The molecule has 3 aromatic rings. The molecule has 5 rings (SSSR count). The number of primary amides is 1. The van der Waals surface area contributed by atoms with E-state index in [9.17, 15) is 22.4 Å². The van der Waals surface area contributed by atoms with E-state index in [1.807, 2.05) is 4.90 Å². The van der Waals surface area contributed by atoms with Gasteiger partial charge in [-0.05, 0) is 56.3 Å². The van der Waals surface area contributed by atoms with E-state index in [0.29, 0.717) is 81.6 Å². The molecule has 4 heterocycles. The first-order valence-electron chi connectivity index (χ1n) is 13.0. The molecule has 0 bridgehead atoms. The van der Waals surface area contributed by atoms with Crippen LogP contribution in [0.3, 0.4) is 0 Å². The van der Waals surface area contributed by atoms with E-state index in [-0.39, 0.29) is 22.7 Å².